The summed E-state index contributed by atoms with van der Waals surface area (Å²) in [6, 6.07) is 5.98. The first-order valence-corrected chi connectivity index (χ1v) is 11.5. The highest BCUT2D eigenvalue weighted by Gasteiger charge is 2.27. The van der Waals surface area contributed by atoms with Crippen molar-refractivity contribution >= 4 is 52.9 Å². The molecule has 174 valence electrons. The Morgan fingerprint density at radius 1 is 1.25 bits per heavy atom. The zero-order chi connectivity index (χ0) is 21.8. The van der Waals surface area contributed by atoms with Crippen molar-refractivity contribution in [1.82, 2.24) is 15.5 Å². The van der Waals surface area contributed by atoms with E-state index in [0.717, 1.165) is 19.4 Å². The van der Waals surface area contributed by atoms with Crippen LogP contribution < -0.4 is 15.5 Å². The number of nitrogens with one attached hydrogen (secondary N) is 2. The minimum absolute atomic E-state index is 0. The predicted molar refractivity (Wildman–Crippen MR) is 135 cm³/mol. The van der Waals surface area contributed by atoms with Crippen molar-refractivity contribution in [2.75, 3.05) is 37.6 Å². The lowest BCUT2D eigenvalue weighted by Gasteiger charge is -2.26. The lowest BCUT2D eigenvalue weighted by molar-refractivity contribution is -0.130. The minimum Gasteiger partial charge on any atom is -0.365 e. The first-order chi connectivity index (χ1) is 15.0. The molecule has 0 aliphatic carbocycles. The Morgan fingerprint density at radius 3 is 2.78 bits per heavy atom. The Morgan fingerprint density at radius 2 is 2.03 bits per heavy atom. The van der Waals surface area contributed by atoms with E-state index in [9.17, 15) is 13.6 Å². The van der Waals surface area contributed by atoms with Crippen LogP contribution >= 0.6 is 35.3 Å². The summed E-state index contributed by atoms with van der Waals surface area (Å²) >= 11 is 1.75. The number of rotatable bonds is 5. The van der Waals surface area contributed by atoms with Crippen molar-refractivity contribution in [3.8, 4) is 0 Å². The highest BCUT2D eigenvalue weighted by atomic mass is 127. The van der Waals surface area contributed by atoms with E-state index in [4.69, 9.17) is 0 Å². The van der Waals surface area contributed by atoms with Gasteiger partial charge in [0, 0.05) is 43.6 Å². The summed E-state index contributed by atoms with van der Waals surface area (Å²) in [6.07, 6.45) is 1.62. The number of nitrogens with zero attached hydrogens (tertiary/aromatic N) is 3. The number of benzene rings is 1. The summed E-state index contributed by atoms with van der Waals surface area (Å²) in [5.41, 5.74) is 1.24. The maximum atomic E-state index is 14.1. The van der Waals surface area contributed by atoms with Crippen molar-refractivity contribution in [1.29, 1.82) is 0 Å². The second-order valence-corrected chi connectivity index (χ2v) is 8.78. The third kappa shape index (κ3) is 5.69. The number of para-hydroxylation sites is 1. The minimum atomic E-state index is -0.554. The third-order valence-corrected chi connectivity index (χ3v) is 6.68. The fraction of sp³-hybridized carbons (Fsp3) is 0.455. The molecule has 1 saturated heterocycles. The van der Waals surface area contributed by atoms with Gasteiger partial charge in [0.15, 0.2) is 5.96 Å². The monoisotopic (exact) mass is 575 g/mol. The fourth-order valence-corrected chi connectivity index (χ4v) is 4.98. The Kier molecular flexibility index (Phi) is 8.69. The lowest BCUT2D eigenvalue weighted by atomic mass is 10.1. The van der Waals surface area contributed by atoms with Crippen molar-refractivity contribution in [2.45, 2.75) is 32.4 Å². The van der Waals surface area contributed by atoms with E-state index in [1.807, 2.05) is 11.8 Å². The van der Waals surface area contributed by atoms with E-state index in [1.165, 1.54) is 28.6 Å². The van der Waals surface area contributed by atoms with Gasteiger partial charge in [-0.2, -0.15) is 0 Å². The second-order valence-electron chi connectivity index (χ2n) is 7.78. The zero-order valence-electron chi connectivity index (χ0n) is 17.9. The summed E-state index contributed by atoms with van der Waals surface area (Å²) in [5, 5.41) is 8.54. The molecule has 1 atom stereocenters. The molecule has 1 fully saturated rings. The van der Waals surface area contributed by atoms with Crippen molar-refractivity contribution in [3.05, 3.63) is 51.7 Å². The molecule has 32 heavy (non-hydrogen) atoms. The Hall–Kier alpha value is -1.95. The smallest absolute Gasteiger partial charge is 0.244 e. The molecule has 1 unspecified atom stereocenters. The van der Waals surface area contributed by atoms with Gasteiger partial charge < -0.3 is 20.4 Å². The molecule has 2 aliphatic heterocycles. The van der Waals surface area contributed by atoms with Crippen LogP contribution in [0.25, 0.3) is 0 Å². The summed E-state index contributed by atoms with van der Waals surface area (Å²) < 4.78 is 28.2. The quantitative estimate of drug-likeness (QED) is 0.326. The van der Waals surface area contributed by atoms with Crippen LogP contribution in [0.2, 0.25) is 0 Å². The number of thiophene rings is 1. The number of fused-ring (bicyclic) bond motifs is 1. The fourth-order valence-electron chi connectivity index (χ4n) is 4.09. The van der Waals surface area contributed by atoms with Gasteiger partial charge in [-0.05, 0) is 48.9 Å². The third-order valence-electron chi connectivity index (χ3n) is 5.66. The van der Waals surface area contributed by atoms with Gasteiger partial charge in [-0.15, -0.1) is 35.3 Å². The van der Waals surface area contributed by atoms with Crippen LogP contribution in [0, 0.1) is 11.6 Å². The average Bonchev–Trinajstić information content (AvgIpc) is 3.41. The number of carbonyl (C=O) groups is 1. The van der Waals surface area contributed by atoms with Gasteiger partial charge in [-0.1, -0.05) is 6.07 Å². The number of aliphatic imine (C=N–C) groups is 1. The zero-order valence-corrected chi connectivity index (χ0v) is 21.1. The molecule has 1 amide bonds. The molecule has 1 aromatic heterocycles. The largest absolute Gasteiger partial charge is 0.365 e. The molecule has 3 heterocycles. The average molecular weight is 575 g/mol. The molecule has 0 saturated carbocycles. The molecule has 2 N–H and O–H groups in total. The number of amides is 1. The van der Waals surface area contributed by atoms with Gasteiger partial charge in [0.2, 0.25) is 5.91 Å². The first-order valence-electron chi connectivity index (χ1n) is 10.6. The van der Waals surface area contributed by atoms with Crippen LogP contribution in [0.4, 0.5) is 14.5 Å². The molecule has 10 heteroatoms. The number of carbonyl (C=O) groups excluding carboxylic acids is 1. The molecule has 0 spiro atoms. The highest BCUT2D eigenvalue weighted by Crippen LogP contribution is 2.27. The summed E-state index contributed by atoms with van der Waals surface area (Å²) in [7, 11) is 0. The number of hydrogen-bond acceptors (Lipinski definition) is 4. The number of guanidine groups is 1. The van der Waals surface area contributed by atoms with E-state index in [0.29, 0.717) is 32.1 Å². The van der Waals surface area contributed by atoms with Crippen LogP contribution in [0.5, 0.6) is 0 Å². The summed E-state index contributed by atoms with van der Waals surface area (Å²) in [6.45, 7) is 5.04. The predicted octanol–water partition coefficient (Wildman–Crippen LogP) is 3.36. The van der Waals surface area contributed by atoms with Crippen molar-refractivity contribution < 1.29 is 13.6 Å². The van der Waals surface area contributed by atoms with E-state index in [1.54, 1.807) is 16.2 Å². The molecule has 2 aliphatic rings. The van der Waals surface area contributed by atoms with Crippen LogP contribution in [0.3, 0.4) is 0 Å². The standard InChI is InChI=1S/C22H27F2N5OS.HI/c1-2-25-22(26-12-20(30)28-10-7-19-15(13-28)8-11-31-19)27-16-6-9-29(14-16)21-17(23)4-3-5-18(21)24;/h3-5,8,11,16H,2,6-7,9-10,12-14H2,1H3,(H2,25,26,27);1H. The van der Waals surface area contributed by atoms with Gasteiger partial charge >= 0.3 is 0 Å². The molecule has 6 nitrogen and oxygen atoms in total. The van der Waals surface area contributed by atoms with Crippen molar-refractivity contribution in [3.63, 3.8) is 0 Å². The van der Waals surface area contributed by atoms with E-state index in [-0.39, 0.29) is 48.2 Å². The molecular formula is C22H28F2IN5OS. The van der Waals surface area contributed by atoms with Crippen LogP contribution in [0.1, 0.15) is 23.8 Å². The molecule has 0 bridgehead atoms. The van der Waals surface area contributed by atoms with E-state index >= 15 is 0 Å². The second kappa shape index (κ2) is 11.3. The SMILES string of the molecule is CCNC(=NCC(=O)N1CCc2sccc2C1)NC1CCN(c2c(F)cccc2F)C1.I. The number of halogens is 3. The van der Waals surface area contributed by atoms with Gasteiger partial charge in [0.1, 0.15) is 23.9 Å². The summed E-state index contributed by atoms with van der Waals surface area (Å²) in [5.74, 6) is -0.565. The normalized spacial score (nSPS) is 18.2. The molecule has 1 aromatic carbocycles. The Labute approximate surface area is 208 Å². The molecule has 0 radical (unpaired) electrons. The van der Waals surface area contributed by atoms with Crippen LogP contribution in [-0.2, 0) is 17.8 Å². The van der Waals surface area contributed by atoms with E-state index in [2.05, 4.69) is 27.1 Å². The Bertz CT molecular complexity index is 949. The molecule has 4 rings (SSSR count). The summed E-state index contributed by atoms with van der Waals surface area (Å²) in [4.78, 5) is 22.1. The number of anilines is 1. The van der Waals surface area contributed by atoms with Crippen LogP contribution in [-0.4, -0.2) is 55.5 Å². The van der Waals surface area contributed by atoms with Gasteiger partial charge in [0.05, 0.1) is 0 Å². The lowest BCUT2D eigenvalue weighted by Crippen LogP contribution is -2.45. The van der Waals surface area contributed by atoms with Gasteiger partial charge in [-0.25, -0.2) is 13.8 Å². The molecular weight excluding hydrogens is 547 g/mol. The molecule has 2 aromatic rings. The number of hydrogen-bond donors (Lipinski definition) is 2. The first kappa shape index (κ1) is 24.7. The maximum absolute atomic E-state index is 14.1. The van der Waals surface area contributed by atoms with Gasteiger partial charge in [-0.3, -0.25) is 4.79 Å². The van der Waals surface area contributed by atoms with E-state index < -0.39 is 11.6 Å². The highest BCUT2D eigenvalue weighted by molar-refractivity contribution is 14.0. The van der Waals surface area contributed by atoms with Crippen LogP contribution in [0.15, 0.2) is 34.6 Å². The van der Waals surface area contributed by atoms with Gasteiger partial charge in [0.25, 0.3) is 0 Å². The maximum Gasteiger partial charge on any atom is 0.244 e. The topological polar surface area (TPSA) is 60.0 Å². The Balaban J connectivity index is 0.00000289. The van der Waals surface area contributed by atoms with Crippen molar-refractivity contribution in [2.24, 2.45) is 4.99 Å².